The average Bonchev–Trinajstić information content (AvgIpc) is 3.15. The van der Waals surface area contributed by atoms with Crippen molar-refractivity contribution in [1.29, 1.82) is 5.41 Å². The number of carboxylic acids is 1. The molecule has 2 aromatic rings. The van der Waals surface area contributed by atoms with Crippen LogP contribution < -0.4 is 20.7 Å². The molecule has 10 nitrogen and oxygen atoms in total. The smallest absolute Gasteiger partial charge is 0.415 e. The molecule has 2 atom stereocenters. The predicted molar refractivity (Wildman–Crippen MR) is 111 cm³/mol. The number of benzene rings is 2. The molecule has 5 N–H and O–H groups in total. The molecule has 1 fully saturated rings. The molecular formula is C21H22N4O6. The van der Waals surface area contributed by atoms with Crippen LogP contribution >= 0.6 is 0 Å². The maximum atomic E-state index is 12.6. The number of methoxy groups -OCH3 is 1. The van der Waals surface area contributed by atoms with E-state index in [9.17, 15) is 19.5 Å². The fraction of sp³-hybridized carbons (Fsp3) is 0.238. The quantitative estimate of drug-likeness (QED) is 0.364. The molecule has 1 heterocycles. The van der Waals surface area contributed by atoms with E-state index in [1.165, 1.54) is 12.0 Å². The molecule has 2 amide bonds. The molecule has 0 saturated carbocycles. The third-order valence-electron chi connectivity index (χ3n) is 4.81. The first-order valence-corrected chi connectivity index (χ1v) is 9.37. The summed E-state index contributed by atoms with van der Waals surface area (Å²) in [5.74, 6) is -1.37. The van der Waals surface area contributed by atoms with Gasteiger partial charge in [0.1, 0.15) is 17.6 Å². The van der Waals surface area contributed by atoms with Gasteiger partial charge in [-0.15, -0.1) is 0 Å². The van der Waals surface area contributed by atoms with E-state index in [1.807, 2.05) is 0 Å². The molecular weight excluding hydrogens is 404 g/mol. The molecule has 162 valence electrons. The van der Waals surface area contributed by atoms with Crippen LogP contribution in [0.2, 0.25) is 0 Å². The minimum Gasteiger partial charge on any atom is -0.497 e. The van der Waals surface area contributed by atoms with Crippen molar-refractivity contribution in [2.75, 3.05) is 18.6 Å². The van der Waals surface area contributed by atoms with Gasteiger partial charge in [-0.3, -0.25) is 15.1 Å². The highest BCUT2D eigenvalue weighted by Gasteiger charge is 2.38. The van der Waals surface area contributed by atoms with E-state index in [-0.39, 0.29) is 18.8 Å². The Morgan fingerprint density at radius 3 is 2.45 bits per heavy atom. The Kier molecular flexibility index (Phi) is 6.39. The molecule has 1 unspecified atom stereocenters. The fourth-order valence-corrected chi connectivity index (χ4v) is 3.09. The summed E-state index contributed by atoms with van der Waals surface area (Å²) in [4.78, 5) is 37.7. The van der Waals surface area contributed by atoms with Crippen molar-refractivity contribution in [3.8, 4) is 5.75 Å². The minimum atomic E-state index is -1.20. The number of hydrogen-bond acceptors (Lipinski definition) is 6. The zero-order valence-electron chi connectivity index (χ0n) is 16.7. The van der Waals surface area contributed by atoms with Crippen molar-refractivity contribution in [2.45, 2.75) is 18.6 Å². The van der Waals surface area contributed by atoms with E-state index in [0.29, 0.717) is 22.6 Å². The van der Waals surface area contributed by atoms with Crippen molar-refractivity contribution >= 4 is 29.5 Å². The summed E-state index contributed by atoms with van der Waals surface area (Å²) in [6.07, 6.45) is -1.82. The number of carbonyl (C=O) groups excluding carboxylic acids is 2. The SMILES string of the molecule is COc1ccc(C[C@@H](NC(=O)C2CN(c3ccc(C(=N)N)cc3)C(=O)O2)C(=O)O)cc1. The maximum Gasteiger partial charge on any atom is 0.415 e. The van der Waals surface area contributed by atoms with Gasteiger partial charge in [0, 0.05) is 17.7 Å². The summed E-state index contributed by atoms with van der Waals surface area (Å²) in [5.41, 5.74) is 7.08. The lowest BCUT2D eigenvalue weighted by atomic mass is 10.1. The first-order valence-electron chi connectivity index (χ1n) is 9.37. The highest BCUT2D eigenvalue weighted by molar-refractivity contribution is 5.98. The number of amides is 2. The summed E-state index contributed by atoms with van der Waals surface area (Å²) in [6.45, 7) is -0.0705. The van der Waals surface area contributed by atoms with Crippen LogP contribution in [0, 0.1) is 5.41 Å². The lowest BCUT2D eigenvalue weighted by Gasteiger charge is -2.17. The number of aliphatic carboxylic acids is 1. The molecule has 3 rings (SSSR count). The number of nitrogen functional groups attached to an aromatic ring is 1. The predicted octanol–water partition coefficient (Wildman–Crippen LogP) is 1.12. The molecule has 1 aliphatic rings. The van der Waals surface area contributed by atoms with E-state index < -0.39 is 30.1 Å². The monoisotopic (exact) mass is 426 g/mol. The van der Waals surface area contributed by atoms with Gasteiger partial charge in [-0.2, -0.15) is 0 Å². The zero-order chi connectivity index (χ0) is 22.5. The molecule has 0 aliphatic carbocycles. The fourth-order valence-electron chi connectivity index (χ4n) is 3.09. The van der Waals surface area contributed by atoms with Crippen LogP contribution in [0.3, 0.4) is 0 Å². The normalized spacial score (nSPS) is 16.4. The lowest BCUT2D eigenvalue weighted by Crippen LogP contribution is -2.47. The van der Waals surface area contributed by atoms with Crippen LogP contribution in [0.25, 0.3) is 0 Å². The Morgan fingerprint density at radius 2 is 1.90 bits per heavy atom. The second-order valence-electron chi connectivity index (χ2n) is 6.90. The van der Waals surface area contributed by atoms with Crippen LogP contribution in [0.1, 0.15) is 11.1 Å². The molecule has 1 aliphatic heterocycles. The Hall–Kier alpha value is -4.08. The largest absolute Gasteiger partial charge is 0.497 e. The van der Waals surface area contributed by atoms with E-state index in [2.05, 4.69) is 5.32 Å². The second-order valence-corrected chi connectivity index (χ2v) is 6.90. The first kappa shape index (κ1) is 21.6. The summed E-state index contributed by atoms with van der Waals surface area (Å²) in [5, 5.41) is 19.3. The van der Waals surface area contributed by atoms with Gasteiger partial charge in [0.2, 0.25) is 0 Å². The molecule has 0 bridgehead atoms. The average molecular weight is 426 g/mol. The van der Waals surface area contributed by atoms with Crippen LogP contribution in [-0.4, -0.2) is 54.7 Å². The number of ether oxygens (including phenoxy) is 2. The number of carboxylic acid groups (broad SMARTS) is 1. The van der Waals surface area contributed by atoms with Gasteiger partial charge in [-0.25, -0.2) is 9.59 Å². The van der Waals surface area contributed by atoms with Crippen molar-refractivity contribution in [1.82, 2.24) is 5.32 Å². The summed E-state index contributed by atoms with van der Waals surface area (Å²) in [6, 6.07) is 12.0. The Balaban J connectivity index is 1.64. The van der Waals surface area contributed by atoms with Crippen molar-refractivity contribution in [3.63, 3.8) is 0 Å². The number of nitrogens with two attached hydrogens (primary N) is 1. The van der Waals surface area contributed by atoms with Crippen LogP contribution in [0.4, 0.5) is 10.5 Å². The summed E-state index contributed by atoms with van der Waals surface area (Å²) < 4.78 is 10.2. The molecule has 31 heavy (non-hydrogen) atoms. The van der Waals surface area contributed by atoms with Crippen molar-refractivity contribution in [3.05, 3.63) is 59.7 Å². The molecule has 0 spiro atoms. The van der Waals surface area contributed by atoms with Gasteiger partial charge in [0.05, 0.1) is 13.7 Å². The third kappa shape index (κ3) is 5.10. The number of hydrogen-bond donors (Lipinski definition) is 4. The highest BCUT2D eigenvalue weighted by atomic mass is 16.6. The molecule has 0 radical (unpaired) electrons. The minimum absolute atomic E-state index is 0.0575. The van der Waals surface area contributed by atoms with Crippen molar-refractivity contribution in [2.24, 2.45) is 5.73 Å². The standard InChI is InChI=1S/C21H22N4O6/c1-30-15-8-2-12(3-9-15)10-16(20(27)28)24-19(26)17-11-25(21(29)31-17)14-6-4-13(5-7-14)18(22)23/h2-9,16-17H,10-11H2,1H3,(H3,22,23)(H,24,26)(H,27,28)/t16-,17?/m1/s1. The number of rotatable bonds is 8. The molecule has 2 aromatic carbocycles. The Morgan fingerprint density at radius 1 is 1.26 bits per heavy atom. The van der Waals surface area contributed by atoms with Crippen LogP contribution in [-0.2, 0) is 20.7 Å². The molecule has 1 saturated heterocycles. The second kappa shape index (κ2) is 9.16. The topological polar surface area (TPSA) is 155 Å². The van der Waals surface area contributed by atoms with E-state index in [1.54, 1.807) is 48.5 Å². The summed E-state index contributed by atoms with van der Waals surface area (Å²) >= 11 is 0. The summed E-state index contributed by atoms with van der Waals surface area (Å²) in [7, 11) is 1.53. The Bertz CT molecular complexity index is 990. The number of nitrogens with one attached hydrogen (secondary N) is 2. The number of nitrogens with zero attached hydrogens (tertiary/aromatic N) is 1. The van der Waals surface area contributed by atoms with Crippen LogP contribution in [0.5, 0.6) is 5.75 Å². The van der Waals surface area contributed by atoms with Gasteiger partial charge in [-0.05, 0) is 42.0 Å². The van der Waals surface area contributed by atoms with E-state index >= 15 is 0 Å². The van der Waals surface area contributed by atoms with Gasteiger partial charge in [0.25, 0.3) is 5.91 Å². The van der Waals surface area contributed by atoms with Gasteiger partial charge in [-0.1, -0.05) is 12.1 Å². The van der Waals surface area contributed by atoms with Gasteiger partial charge < -0.3 is 25.6 Å². The lowest BCUT2D eigenvalue weighted by molar-refractivity contribution is -0.142. The number of amidine groups is 1. The molecule has 10 heteroatoms. The third-order valence-corrected chi connectivity index (χ3v) is 4.81. The number of carbonyl (C=O) groups is 3. The van der Waals surface area contributed by atoms with E-state index in [4.69, 9.17) is 20.6 Å². The van der Waals surface area contributed by atoms with Crippen molar-refractivity contribution < 1.29 is 29.0 Å². The number of anilines is 1. The van der Waals surface area contributed by atoms with Gasteiger partial charge >= 0.3 is 12.1 Å². The zero-order valence-corrected chi connectivity index (χ0v) is 16.7. The maximum absolute atomic E-state index is 12.6. The van der Waals surface area contributed by atoms with Gasteiger partial charge in [0.15, 0.2) is 6.10 Å². The van der Waals surface area contributed by atoms with E-state index in [0.717, 1.165) is 0 Å². The first-order chi connectivity index (χ1) is 14.8. The van der Waals surface area contributed by atoms with Crippen LogP contribution in [0.15, 0.2) is 48.5 Å². The highest BCUT2D eigenvalue weighted by Crippen LogP contribution is 2.22. The molecule has 0 aromatic heterocycles. The number of cyclic esters (lactones) is 1. The Labute approximate surface area is 178 Å².